The van der Waals surface area contributed by atoms with Gasteiger partial charge in [-0.05, 0) is 49.4 Å². The Labute approximate surface area is 196 Å². The Hall–Kier alpha value is -2.92. The van der Waals surface area contributed by atoms with Gasteiger partial charge in [0.1, 0.15) is 11.5 Å². The Morgan fingerprint density at radius 3 is 2.52 bits per heavy atom. The fourth-order valence-electron chi connectivity index (χ4n) is 3.25. The van der Waals surface area contributed by atoms with Crippen molar-refractivity contribution in [3.8, 4) is 0 Å². The van der Waals surface area contributed by atoms with Crippen LogP contribution in [-0.2, 0) is 35.6 Å². The van der Waals surface area contributed by atoms with Crippen molar-refractivity contribution < 1.29 is 31.9 Å². The second kappa shape index (κ2) is 10.3. The van der Waals surface area contributed by atoms with Crippen LogP contribution in [0.5, 0.6) is 0 Å². The van der Waals surface area contributed by atoms with E-state index in [1.807, 2.05) is 0 Å². The number of hydrogen-bond donors (Lipinski definition) is 1. The summed E-state index contributed by atoms with van der Waals surface area (Å²) in [5, 5.41) is 0.426. The van der Waals surface area contributed by atoms with E-state index in [4.69, 9.17) is 25.5 Å². The summed E-state index contributed by atoms with van der Waals surface area (Å²) in [5.41, 5.74) is 0.718. The zero-order valence-corrected chi connectivity index (χ0v) is 19.8. The van der Waals surface area contributed by atoms with Crippen molar-refractivity contribution in [1.82, 2.24) is 9.62 Å². The molecular formula is C22H23ClN2O7S. The molecule has 2 aromatic rings. The smallest absolute Gasteiger partial charge is 0.340 e. The number of methoxy groups -OCH3 is 2. The molecule has 0 radical (unpaired) electrons. The number of halogens is 1. The van der Waals surface area contributed by atoms with Crippen LogP contribution in [0.1, 0.15) is 18.4 Å². The molecule has 3 rings (SSSR count). The van der Waals surface area contributed by atoms with Gasteiger partial charge in [-0.3, -0.25) is 4.79 Å². The molecule has 0 atom stereocenters. The van der Waals surface area contributed by atoms with E-state index in [9.17, 15) is 18.0 Å². The van der Waals surface area contributed by atoms with Gasteiger partial charge in [0.25, 0.3) is 5.91 Å². The molecule has 0 unspecified atom stereocenters. The molecule has 1 aliphatic heterocycles. The van der Waals surface area contributed by atoms with E-state index in [2.05, 4.69) is 4.72 Å². The van der Waals surface area contributed by atoms with Crippen LogP contribution in [0.4, 0.5) is 0 Å². The van der Waals surface area contributed by atoms with Crippen LogP contribution in [0, 0.1) is 0 Å². The topological polar surface area (TPSA) is 115 Å². The van der Waals surface area contributed by atoms with Gasteiger partial charge in [-0.1, -0.05) is 11.6 Å². The maximum absolute atomic E-state index is 12.9. The van der Waals surface area contributed by atoms with Gasteiger partial charge < -0.3 is 18.8 Å². The predicted octanol–water partition coefficient (Wildman–Crippen LogP) is 2.73. The number of esters is 1. The largest absolute Gasteiger partial charge is 0.465 e. The van der Waals surface area contributed by atoms with Gasteiger partial charge in [-0.15, -0.1) is 0 Å². The quantitative estimate of drug-likeness (QED) is 0.421. The number of nitrogens with one attached hydrogen (secondary N) is 1. The molecule has 1 aliphatic rings. The highest BCUT2D eigenvalue weighted by molar-refractivity contribution is 7.89. The van der Waals surface area contributed by atoms with Gasteiger partial charge in [0.15, 0.2) is 0 Å². The monoisotopic (exact) mass is 494 g/mol. The number of hydrogen-bond acceptors (Lipinski definition) is 7. The fourth-order valence-corrected chi connectivity index (χ4v) is 4.37. The summed E-state index contributed by atoms with van der Waals surface area (Å²) in [6.45, 7) is 2.11. The van der Waals surface area contributed by atoms with E-state index in [0.29, 0.717) is 23.1 Å². The molecule has 2 heterocycles. The van der Waals surface area contributed by atoms with E-state index < -0.39 is 16.0 Å². The van der Waals surface area contributed by atoms with E-state index in [1.165, 1.54) is 49.5 Å². The number of carbonyl (C=O) groups is 2. The number of nitrogens with zero attached hydrogens (tertiary/aromatic N) is 1. The Morgan fingerprint density at radius 2 is 1.88 bits per heavy atom. The summed E-state index contributed by atoms with van der Waals surface area (Å²) >= 11 is 5.80. The number of ether oxygens (including phenoxy) is 2. The molecule has 1 N–H and O–H groups in total. The Morgan fingerprint density at radius 1 is 1.18 bits per heavy atom. The Bertz CT molecular complexity index is 1210. The highest BCUT2D eigenvalue weighted by Gasteiger charge is 2.37. The van der Waals surface area contributed by atoms with E-state index in [0.717, 1.165) is 0 Å². The number of rotatable bonds is 9. The van der Waals surface area contributed by atoms with Crippen molar-refractivity contribution in [1.29, 1.82) is 0 Å². The second-order valence-corrected chi connectivity index (χ2v) is 9.25. The van der Waals surface area contributed by atoms with Crippen molar-refractivity contribution in [3.63, 3.8) is 0 Å². The minimum atomic E-state index is -3.77. The van der Waals surface area contributed by atoms with Crippen LogP contribution >= 0.6 is 11.6 Å². The SMILES string of the molecule is COCCN1C(=O)/C(=C/c2ccc(CNS(=O)(=O)c3ccc(Cl)cc3)o2)C(C(=O)OC)=C1C. The number of amides is 1. The van der Waals surface area contributed by atoms with Crippen LogP contribution < -0.4 is 4.72 Å². The van der Waals surface area contributed by atoms with Crippen LogP contribution in [0.2, 0.25) is 5.02 Å². The maximum atomic E-state index is 12.9. The number of sulfonamides is 1. The average Bonchev–Trinajstić information content (AvgIpc) is 3.33. The highest BCUT2D eigenvalue weighted by Crippen LogP contribution is 2.31. The zero-order valence-electron chi connectivity index (χ0n) is 18.3. The first-order valence-corrected chi connectivity index (χ1v) is 11.7. The highest BCUT2D eigenvalue weighted by atomic mass is 35.5. The molecule has 0 aliphatic carbocycles. The molecule has 0 fully saturated rings. The van der Waals surface area contributed by atoms with Gasteiger partial charge in [0, 0.05) is 24.4 Å². The summed E-state index contributed by atoms with van der Waals surface area (Å²) < 4.78 is 42.8. The predicted molar refractivity (Wildman–Crippen MR) is 120 cm³/mol. The molecule has 0 saturated heterocycles. The Kier molecular flexibility index (Phi) is 7.75. The summed E-state index contributed by atoms with van der Waals surface area (Å²) in [5.74, 6) is -0.427. The molecule has 1 aromatic heterocycles. The van der Waals surface area contributed by atoms with E-state index in [1.54, 1.807) is 19.1 Å². The normalized spacial score (nSPS) is 15.6. The molecule has 0 saturated carbocycles. The molecule has 0 bridgehead atoms. The molecular weight excluding hydrogens is 472 g/mol. The molecule has 11 heteroatoms. The lowest BCUT2D eigenvalue weighted by atomic mass is 10.1. The molecule has 33 heavy (non-hydrogen) atoms. The first kappa shape index (κ1) is 24.7. The van der Waals surface area contributed by atoms with Crippen molar-refractivity contribution in [2.75, 3.05) is 27.4 Å². The lowest BCUT2D eigenvalue weighted by Crippen LogP contribution is -2.28. The zero-order chi connectivity index (χ0) is 24.2. The molecule has 9 nitrogen and oxygen atoms in total. The number of benzene rings is 1. The third-order valence-corrected chi connectivity index (χ3v) is 6.62. The van der Waals surface area contributed by atoms with Crippen LogP contribution in [0.15, 0.2) is 62.6 Å². The first-order valence-electron chi connectivity index (χ1n) is 9.84. The second-order valence-electron chi connectivity index (χ2n) is 7.04. The minimum Gasteiger partial charge on any atom is -0.465 e. The number of allylic oxidation sites excluding steroid dienone is 1. The minimum absolute atomic E-state index is 0.0665. The fraction of sp³-hybridized carbons (Fsp3) is 0.273. The molecule has 0 spiro atoms. The summed E-state index contributed by atoms with van der Waals surface area (Å²) in [6, 6.07) is 8.91. The standard InChI is InChI=1S/C22H23ClN2O7S/c1-14-20(22(27)31-3)19(21(26)25(14)10-11-30-2)12-16-6-7-17(32-16)13-24-33(28,29)18-8-4-15(23)5-9-18/h4-9,12,24H,10-11,13H2,1-3H3/b19-12+. The van der Waals surface area contributed by atoms with Gasteiger partial charge in [0.05, 0.1) is 36.3 Å². The van der Waals surface area contributed by atoms with Gasteiger partial charge in [-0.25, -0.2) is 17.9 Å². The van der Waals surface area contributed by atoms with E-state index >= 15 is 0 Å². The third kappa shape index (κ3) is 5.53. The lowest BCUT2D eigenvalue weighted by molar-refractivity contribution is -0.136. The van der Waals surface area contributed by atoms with Gasteiger partial charge in [0.2, 0.25) is 10.0 Å². The van der Waals surface area contributed by atoms with Crippen molar-refractivity contribution in [3.05, 3.63) is 69.8 Å². The van der Waals surface area contributed by atoms with Crippen LogP contribution in [-0.4, -0.2) is 52.6 Å². The molecule has 1 aromatic carbocycles. The summed E-state index contributed by atoms with van der Waals surface area (Å²) in [4.78, 5) is 26.7. The Balaban J connectivity index is 1.80. The maximum Gasteiger partial charge on any atom is 0.340 e. The van der Waals surface area contributed by atoms with Crippen molar-refractivity contribution in [2.24, 2.45) is 0 Å². The lowest BCUT2D eigenvalue weighted by Gasteiger charge is -2.16. The first-order chi connectivity index (χ1) is 15.7. The van der Waals surface area contributed by atoms with Crippen molar-refractivity contribution in [2.45, 2.75) is 18.4 Å². The van der Waals surface area contributed by atoms with E-state index in [-0.39, 0.29) is 40.8 Å². The van der Waals surface area contributed by atoms with Gasteiger partial charge in [-0.2, -0.15) is 0 Å². The number of carbonyl (C=O) groups excluding carboxylic acids is 2. The summed E-state index contributed by atoms with van der Waals surface area (Å²) in [7, 11) is -1.02. The average molecular weight is 495 g/mol. The third-order valence-electron chi connectivity index (χ3n) is 4.95. The van der Waals surface area contributed by atoms with Crippen LogP contribution in [0.3, 0.4) is 0 Å². The molecule has 1 amide bonds. The van der Waals surface area contributed by atoms with Crippen molar-refractivity contribution >= 4 is 39.6 Å². The summed E-state index contributed by atoms with van der Waals surface area (Å²) in [6.07, 6.45) is 1.43. The molecule has 176 valence electrons. The van der Waals surface area contributed by atoms with Crippen LogP contribution in [0.25, 0.3) is 6.08 Å². The number of furan rings is 1. The van der Waals surface area contributed by atoms with Gasteiger partial charge >= 0.3 is 5.97 Å².